The number of ether oxygens (including phenoxy) is 2. The van der Waals surface area contributed by atoms with E-state index in [2.05, 4.69) is 0 Å². The average molecular weight is 350 g/mol. The fourth-order valence-corrected chi connectivity index (χ4v) is 3.42. The molecule has 2 heterocycles. The van der Waals surface area contributed by atoms with Crippen LogP contribution in [0, 0.1) is 0 Å². The van der Waals surface area contributed by atoms with E-state index in [1.807, 2.05) is 57.2 Å². The van der Waals surface area contributed by atoms with E-state index in [-0.39, 0.29) is 17.1 Å². The molecular formula is C22H22O4. The number of rotatable bonds is 2. The molecule has 2 N–H and O–H groups in total. The Hall–Kier alpha value is -2.88. The molecule has 4 nitrogen and oxygen atoms in total. The van der Waals surface area contributed by atoms with Crippen LogP contribution in [0.4, 0.5) is 0 Å². The van der Waals surface area contributed by atoms with Crippen molar-refractivity contribution in [3.63, 3.8) is 0 Å². The van der Waals surface area contributed by atoms with Gasteiger partial charge in [0.1, 0.15) is 35.2 Å². The average Bonchev–Trinajstić information content (AvgIpc) is 2.60. The minimum atomic E-state index is -0.328. The second-order valence-corrected chi connectivity index (χ2v) is 7.24. The van der Waals surface area contributed by atoms with Crippen molar-refractivity contribution in [2.75, 3.05) is 6.61 Å². The van der Waals surface area contributed by atoms with Crippen molar-refractivity contribution in [2.45, 2.75) is 32.8 Å². The van der Waals surface area contributed by atoms with Crippen LogP contribution in [0.1, 0.15) is 43.0 Å². The number of fused-ring (bicyclic) bond motifs is 3. The third-order valence-corrected chi connectivity index (χ3v) is 4.84. The summed E-state index contributed by atoms with van der Waals surface area (Å²) in [7, 11) is 0. The Labute approximate surface area is 153 Å². The molecule has 2 aromatic carbocycles. The van der Waals surface area contributed by atoms with E-state index in [9.17, 15) is 10.2 Å². The van der Waals surface area contributed by atoms with Gasteiger partial charge in [-0.05, 0) is 62.3 Å². The Morgan fingerprint density at radius 3 is 2.69 bits per heavy atom. The van der Waals surface area contributed by atoms with Crippen LogP contribution in [0.2, 0.25) is 0 Å². The van der Waals surface area contributed by atoms with E-state index >= 15 is 0 Å². The summed E-state index contributed by atoms with van der Waals surface area (Å²) in [5.41, 5.74) is 3.94. The van der Waals surface area contributed by atoms with Crippen LogP contribution in [-0.2, 0) is 6.42 Å². The van der Waals surface area contributed by atoms with Gasteiger partial charge in [-0.1, -0.05) is 6.92 Å². The number of aromatic hydroxyl groups is 2. The van der Waals surface area contributed by atoms with Gasteiger partial charge in [0.05, 0.1) is 5.56 Å². The van der Waals surface area contributed by atoms with Crippen molar-refractivity contribution in [3.05, 3.63) is 52.6 Å². The summed E-state index contributed by atoms with van der Waals surface area (Å²) >= 11 is 0. The smallest absolute Gasteiger partial charge is 0.137 e. The Balaban J connectivity index is 1.78. The van der Waals surface area contributed by atoms with Crippen molar-refractivity contribution in [1.82, 2.24) is 0 Å². The molecule has 26 heavy (non-hydrogen) atoms. The number of aryl methyl sites for hydroxylation is 1. The maximum absolute atomic E-state index is 10.3. The predicted octanol–water partition coefficient (Wildman–Crippen LogP) is 4.78. The second-order valence-electron chi connectivity index (χ2n) is 7.24. The zero-order valence-corrected chi connectivity index (χ0v) is 15.2. The molecule has 0 aromatic heterocycles. The van der Waals surface area contributed by atoms with Gasteiger partial charge in [-0.2, -0.15) is 0 Å². The van der Waals surface area contributed by atoms with Gasteiger partial charge in [0.2, 0.25) is 0 Å². The van der Waals surface area contributed by atoms with Crippen LogP contribution < -0.4 is 9.47 Å². The molecule has 0 spiro atoms. The first-order chi connectivity index (χ1) is 12.4. The first kappa shape index (κ1) is 16.6. The van der Waals surface area contributed by atoms with Crippen molar-refractivity contribution in [2.24, 2.45) is 0 Å². The molecule has 4 rings (SSSR count). The minimum Gasteiger partial charge on any atom is -0.508 e. The highest BCUT2D eigenvalue weighted by molar-refractivity contribution is 5.90. The molecule has 2 aliphatic heterocycles. The fraction of sp³-hybridized carbons (Fsp3) is 0.273. The summed E-state index contributed by atoms with van der Waals surface area (Å²) in [6, 6.07) is 7.15. The van der Waals surface area contributed by atoms with Gasteiger partial charge in [0.25, 0.3) is 0 Å². The number of hydrogen-bond donors (Lipinski definition) is 2. The van der Waals surface area contributed by atoms with Crippen LogP contribution >= 0.6 is 0 Å². The minimum absolute atomic E-state index is 0.0564. The lowest BCUT2D eigenvalue weighted by Gasteiger charge is -2.30. The summed E-state index contributed by atoms with van der Waals surface area (Å²) in [6.07, 6.45) is 6.79. The Morgan fingerprint density at radius 1 is 1.12 bits per heavy atom. The van der Waals surface area contributed by atoms with Crippen LogP contribution in [0.25, 0.3) is 17.7 Å². The Bertz CT molecular complexity index is 951. The number of benzene rings is 2. The third-order valence-electron chi connectivity index (χ3n) is 4.84. The molecule has 0 saturated carbocycles. The molecule has 0 amide bonds. The largest absolute Gasteiger partial charge is 0.508 e. The molecule has 0 atom stereocenters. The van der Waals surface area contributed by atoms with Crippen LogP contribution in [0.5, 0.6) is 23.0 Å². The van der Waals surface area contributed by atoms with Gasteiger partial charge in [-0.3, -0.25) is 0 Å². The van der Waals surface area contributed by atoms with Crippen molar-refractivity contribution in [3.8, 4) is 23.0 Å². The van der Waals surface area contributed by atoms with Gasteiger partial charge >= 0.3 is 0 Å². The SMILES string of the molecule is CCc1cc(C2=Cc3ccc4c(c3OC2)C=CC(C)(C)O4)c(O)cc1O. The fourth-order valence-electron chi connectivity index (χ4n) is 3.42. The molecule has 2 aliphatic rings. The van der Waals surface area contributed by atoms with Crippen molar-refractivity contribution < 1.29 is 19.7 Å². The lowest BCUT2D eigenvalue weighted by atomic mass is 9.94. The van der Waals surface area contributed by atoms with Crippen LogP contribution in [-0.4, -0.2) is 22.4 Å². The topological polar surface area (TPSA) is 58.9 Å². The summed E-state index contributed by atoms with van der Waals surface area (Å²) < 4.78 is 12.0. The van der Waals surface area contributed by atoms with Gasteiger partial charge in [0, 0.05) is 22.8 Å². The Morgan fingerprint density at radius 2 is 1.92 bits per heavy atom. The van der Waals surface area contributed by atoms with Crippen molar-refractivity contribution in [1.29, 1.82) is 0 Å². The molecule has 0 bridgehead atoms. The quantitative estimate of drug-likeness (QED) is 0.818. The van der Waals surface area contributed by atoms with E-state index in [0.717, 1.165) is 33.8 Å². The highest BCUT2D eigenvalue weighted by atomic mass is 16.5. The van der Waals surface area contributed by atoms with E-state index < -0.39 is 0 Å². The third kappa shape index (κ3) is 2.71. The van der Waals surface area contributed by atoms with Crippen LogP contribution in [0.15, 0.2) is 30.3 Å². The standard InChI is InChI=1S/C22H22O4/c1-4-13-10-17(19(24)11-18(13)23)15-9-14-5-6-20-16(21(14)25-12-15)7-8-22(2,3)26-20/h5-11,23-24H,4,12H2,1-3H3. The highest BCUT2D eigenvalue weighted by Crippen LogP contribution is 2.43. The molecule has 4 heteroatoms. The van der Waals surface area contributed by atoms with Gasteiger partial charge in [0.15, 0.2) is 0 Å². The molecule has 0 fully saturated rings. The van der Waals surface area contributed by atoms with E-state index in [1.54, 1.807) is 0 Å². The monoisotopic (exact) mass is 350 g/mol. The van der Waals surface area contributed by atoms with Gasteiger partial charge in [-0.15, -0.1) is 0 Å². The number of phenols is 2. The molecule has 0 unspecified atom stereocenters. The number of hydrogen-bond acceptors (Lipinski definition) is 4. The number of phenolic OH excluding ortho intramolecular Hbond substituents is 2. The van der Waals surface area contributed by atoms with Crippen molar-refractivity contribution >= 4 is 17.7 Å². The van der Waals surface area contributed by atoms with E-state index in [4.69, 9.17) is 9.47 Å². The summed E-state index contributed by atoms with van der Waals surface area (Å²) in [6.45, 7) is 6.35. The molecule has 2 aromatic rings. The normalized spacial score (nSPS) is 16.8. The lowest BCUT2D eigenvalue weighted by molar-refractivity contribution is 0.158. The zero-order valence-electron chi connectivity index (χ0n) is 15.2. The predicted molar refractivity (Wildman–Crippen MR) is 103 cm³/mol. The van der Waals surface area contributed by atoms with Gasteiger partial charge < -0.3 is 19.7 Å². The summed E-state index contributed by atoms with van der Waals surface area (Å²) in [5.74, 6) is 1.78. The maximum atomic E-state index is 10.3. The Kier molecular flexibility index (Phi) is 3.72. The highest BCUT2D eigenvalue weighted by Gasteiger charge is 2.27. The maximum Gasteiger partial charge on any atom is 0.137 e. The molecule has 0 saturated heterocycles. The molecular weight excluding hydrogens is 328 g/mol. The van der Waals surface area contributed by atoms with E-state index in [0.29, 0.717) is 18.6 Å². The second kappa shape index (κ2) is 5.84. The molecule has 0 aliphatic carbocycles. The summed E-state index contributed by atoms with van der Waals surface area (Å²) in [5, 5.41) is 20.2. The van der Waals surface area contributed by atoms with E-state index in [1.165, 1.54) is 6.07 Å². The summed E-state index contributed by atoms with van der Waals surface area (Å²) in [4.78, 5) is 0. The molecule has 0 radical (unpaired) electrons. The first-order valence-corrected chi connectivity index (χ1v) is 8.82. The first-order valence-electron chi connectivity index (χ1n) is 8.82. The molecule has 134 valence electrons. The zero-order chi connectivity index (χ0) is 18.5. The lowest BCUT2D eigenvalue weighted by Crippen LogP contribution is -2.27. The van der Waals surface area contributed by atoms with Crippen LogP contribution in [0.3, 0.4) is 0 Å². The van der Waals surface area contributed by atoms with Gasteiger partial charge in [-0.25, -0.2) is 0 Å².